The Balaban J connectivity index is 1.85. The summed E-state index contributed by atoms with van der Waals surface area (Å²) in [5.41, 5.74) is 7.02. The molecule has 3 rings (SSSR count). The maximum atomic E-state index is 12.6. The second-order valence-electron chi connectivity index (χ2n) is 5.42. The minimum Gasteiger partial charge on any atom is -0.488 e. The SMILES string of the molecule is NC(=O)c1ccc(C(=O)N2CCSC2=S)cc1OCc1ccccc1. The van der Waals surface area contributed by atoms with Gasteiger partial charge in [-0.15, -0.1) is 0 Å². The van der Waals surface area contributed by atoms with Gasteiger partial charge in [-0.2, -0.15) is 0 Å². The molecular weight excluding hydrogens is 356 g/mol. The number of nitrogens with two attached hydrogens (primary N) is 1. The highest BCUT2D eigenvalue weighted by atomic mass is 32.2. The van der Waals surface area contributed by atoms with Crippen molar-refractivity contribution in [3.63, 3.8) is 0 Å². The molecule has 25 heavy (non-hydrogen) atoms. The quantitative estimate of drug-likeness (QED) is 0.817. The lowest BCUT2D eigenvalue weighted by atomic mass is 10.1. The van der Waals surface area contributed by atoms with Crippen LogP contribution in [0.1, 0.15) is 26.3 Å². The molecule has 1 aliphatic rings. The molecule has 0 spiro atoms. The van der Waals surface area contributed by atoms with Crippen LogP contribution < -0.4 is 10.5 Å². The van der Waals surface area contributed by atoms with Gasteiger partial charge in [-0.25, -0.2) is 0 Å². The van der Waals surface area contributed by atoms with Crippen molar-refractivity contribution in [1.29, 1.82) is 0 Å². The minimum absolute atomic E-state index is 0.199. The van der Waals surface area contributed by atoms with Crippen LogP contribution in [0.4, 0.5) is 0 Å². The first-order chi connectivity index (χ1) is 12.1. The Kier molecular flexibility index (Phi) is 5.35. The molecule has 0 radical (unpaired) electrons. The van der Waals surface area contributed by atoms with Gasteiger partial charge >= 0.3 is 0 Å². The average molecular weight is 372 g/mol. The van der Waals surface area contributed by atoms with Gasteiger partial charge in [-0.3, -0.25) is 14.5 Å². The van der Waals surface area contributed by atoms with Gasteiger partial charge in [0.05, 0.1) is 5.56 Å². The predicted molar refractivity (Wildman–Crippen MR) is 102 cm³/mol. The third-order valence-electron chi connectivity index (χ3n) is 3.74. The lowest BCUT2D eigenvalue weighted by Gasteiger charge is -2.16. The van der Waals surface area contributed by atoms with Crippen molar-refractivity contribution < 1.29 is 14.3 Å². The van der Waals surface area contributed by atoms with Crippen molar-refractivity contribution in [1.82, 2.24) is 4.90 Å². The largest absolute Gasteiger partial charge is 0.488 e. The van der Waals surface area contributed by atoms with Crippen molar-refractivity contribution >= 4 is 40.1 Å². The number of nitrogens with zero attached hydrogens (tertiary/aromatic N) is 1. The maximum Gasteiger partial charge on any atom is 0.259 e. The summed E-state index contributed by atoms with van der Waals surface area (Å²) >= 11 is 6.67. The molecule has 1 saturated heterocycles. The Labute approximate surface area is 155 Å². The highest BCUT2D eigenvalue weighted by molar-refractivity contribution is 8.23. The zero-order valence-electron chi connectivity index (χ0n) is 13.3. The smallest absolute Gasteiger partial charge is 0.259 e. The molecule has 0 atom stereocenters. The number of ether oxygens (including phenoxy) is 1. The lowest BCUT2D eigenvalue weighted by Crippen LogP contribution is -2.30. The molecule has 0 aliphatic carbocycles. The second kappa shape index (κ2) is 7.67. The molecule has 2 aromatic rings. The number of amides is 2. The molecule has 0 unspecified atom stereocenters. The van der Waals surface area contributed by atoms with E-state index in [9.17, 15) is 9.59 Å². The van der Waals surface area contributed by atoms with E-state index in [0.717, 1.165) is 11.3 Å². The fourth-order valence-electron chi connectivity index (χ4n) is 2.45. The zero-order valence-corrected chi connectivity index (χ0v) is 14.9. The Morgan fingerprint density at radius 3 is 2.60 bits per heavy atom. The molecule has 7 heteroatoms. The van der Waals surface area contributed by atoms with Crippen molar-refractivity contribution in [3.05, 3.63) is 65.2 Å². The third kappa shape index (κ3) is 4.00. The number of carbonyl (C=O) groups is 2. The number of thioether (sulfide) groups is 1. The van der Waals surface area contributed by atoms with Crippen molar-refractivity contribution in [2.75, 3.05) is 12.3 Å². The van der Waals surface area contributed by atoms with Crippen LogP contribution in [0.2, 0.25) is 0 Å². The topological polar surface area (TPSA) is 72.6 Å². The zero-order chi connectivity index (χ0) is 17.8. The van der Waals surface area contributed by atoms with E-state index in [2.05, 4.69) is 0 Å². The first-order valence-corrected chi connectivity index (χ1v) is 9.05. The third-order valence-corrected chi connectivity index (χ3v) is 5.17. The maximum absolute atomic E-state index is 12.6. The van der Waals surface area contributed by atoms with Gasteiger partial charge in [-0.05, 0) is 23.8 Å². The molecule has 1 aliphatic heterocycles. The highest BCUT2D eigenvalue weighted by Gasteiger charge is 2.26. The molecule has 5 nitrogen and oxygen atoms in total. The molecule has 0 aromatic heterocycles. The number of carbonyl (C=O) groups excluding carboxylic acids is 2. The summed E-state index contributed by atoms with van der Waals surface area (Å²) in [6.45, 7) is 0.858. The van der Waals surface area contributed by atoms with Crippen LogP contribution in [0.15, 0.2) is 48.5 Å². The van der Waals surface area contributed by atoms with Gasteiger partial charge < -0.3 is 10.5 Å². The monoisotopic (exact) mass is 372 g/mol. The number of primary amides is 1. The summed E-state index contributed by atoms with van der Waals surface area (Å²) in [5.74, 6) is 0.284. The second-order valence-corrected chi connectivity index (χ2v) is 7.15. The Morgan fingerprint density at radius 1 is 1.20 bits per heavy atom. The minimum atomic E-state index is -0.602. The summed E-state index contributed by atoms with van der Waals surface area (Å²) < 4.78 is 6.32. The van der Waals surface area contributed by atoms with Gasteiger partial charge in [0.2, 0.25) is 0 Å². The van der Waals surface area contributed by atoms with E-state index in [0.29, 0.717) is 22.2 Å². The lowest BCUT2D eigenvalue weighted by molar-refractivity contribution is 0.0859. The van der Waals surface area contributed by atoms with Crippen LogP contribution in [0, 0.1) is 0 Å². The average Bonchev–Trinajstić information content (AvgIpc) is 3.05. The first-order valence-electron chi connectivity index (χ1n) is 7.65. The van der Waals surface area contributed by atoms with E-state index in [1.807, 2.05) is 30.3 Å². The number of rotatable bonds is 5. The van der Waals surface area contributed by atoms with Crippen LogP contribution in [-0.4, -0.2) is 33.3 Å². The summed E-state index contributed by atoms with van der Waals surface area (Å²) in [5, 5.41) is 0. The van der Waals surface area contributed by atoms with Crippen LogP contribution >= 0.6 is 24.0 Å². The van der Waals surface area contributed by atoms with E-state index in [4.69, 9.17) is 22.7 Å². The number of hydrogen-bond donors (Lipinski definition) is 1. The molecule has 0 saturated carbocycles. The molecule has 1 fully saturated rings. The van der Waals surface area contributed by atoms with Crippen LogP contribution in [0.3, 0.4) is 0 Å². The fourth-order valence-corrected chi connectivity index (χ4v) is 3.65. The van der Waals surface area contributed by atoms with Gasteiger partial charge in [-0.1, -0.05) is 54.3 Å². The number of thiocarbonyl (C=S) groups is 1. The molecule has 2 amide bonds. The predicted octanol–water partition coefficient (Wildman–Crippen LogP) is 2.84. The molecule has 128 valence electrons. The molecule has 2 N–H and O–H groups in total. The van der Waals surface area contributed by atoms with E-state index < -0.39 is 5.91 Å². The molecule has 2 aromatic carbocycles. The van der Waals surface area contributed by atoms with E-state index in [1.54, 1.807) is 17.0 Å². The fraction of sp³-hybridized carbons (Fsp3) is 0.167. The summed E-state index contributed by atoms with van der Waals surface area (Å²) in [4.78, 5) is 25.8. The molecular formula is C18H16N2O3S2. The Morgan fingerprint density at radius 2 is 1.96 bits per heavy atom. The molecule has 1 heterocycles. The van der Waals surface area contributed by atoms with Crippen molar-refractivity contribution in [2.45, 2.75) is 6.61 Å². The first kappa shape index (κ1) is 17.4. The Bertz CT molecular complexity index is 824. The summed E-state index contributed by atoms with van der Waals surface area (Å²) in [7, 11) is 0. The van der Waals surface area contributed by atoms with Crippen molar-refractivity contribution in [2.24, 2.45) is 5.73 Å². The number of hydrogen-bond acceptors (Lipinski definition) is 5. The number of benzene rings is 2. The van der Waals surface area contributed by atoms with E-state index in [1.165, 1.54) is 17.8 Å². The highest BCUT2D eigenvalue weighted by Crippen LogP contribution is 2.25. The van der Waals surface area contributed by atoms with Crippen LogP contribution in [0.25, 0.3) is 0 Å². The Hall–Kier alpha value is -2.38. The van der Waals surface area contributed by atoms with Gasteiger partial charge in [0.25, 0.3) is 11.8 Å². The normalized spacial score (nSPS) is 13.8. The summed E-state index contributed by atoms with van der Waals surface area (Å²) in [6.07, 6.45) is 0. The standard InChI is InChI=1S/C18H16N2O3S2/c19-16(21)14-7-6-13(17(22)20-8-9-25-18(20)24)10-15(14)23-11-12-4-2-1-3-5-12/h1-7,10H,8-9,11H2,(H2,19,21). The van der Waals surface area contributed by atoms with E-state index >= 15 is 0 Å². The van der Waals surface area contributed by atoms with Gasteiger partial charge in [0.15, 0.2) is 0 Å². The summed E-state index contributed by atoms with van der Waals surface area (Å²) in [6, 6.07) is 14.2. The van der Waals surface area contributed by atoms with Gasteiger partial charge in [0, 0.05) is 17.9 Å². The van der Waals surface area contributed by atoms with E-state index in [-0.39, 0.29) is 18.1 Å². The van der Waals surface area contributed by atoms with Crippen LogP contribution in [-0.2, 0) is 6.61 Å². The van der Waals surface area contributed by atoms with Gasteiger partial charge in [0.1, 0.15) is 16.7 Å². The van der Waals surface area contributed by atoms with Crippen molar-refractivity contribution in [3.8, 4) is 5.75 Å². The van der Waals surface area contributed by atoms with Crippen LogP contribution in [0.5, 0.6) is 5.75 Å². The molecule has 0 bridgehead atoms.